The summed E-state index contributed by atoms with van der Waals surface area (Å²) >= 11 is 0. The van der Waals surface area contributed by atoms with Crippen molar-refractivity contribution in [1.29, 1.82) is 0 Å². The lowest BCUT2D eigenvalue weighted by Gasteiger charge is -2.36. The van der Waals surface area contributed by atoms with Crippen LogP contribution in [0.15, 0.2) is 53.5 Å². The molecule has 1 unspecified atom stereocenters. The number of fused-ring (bicyclic) bond motifs is 1. The monoisotopic (exact) mass is 450 g/mol. The quantitative estimate of drug-likeness (QED) is 0.777. The Morgan fingerprint density at radius 2 is 2.03 bits per heavy atom. The maximum absolute atomic E-state index is 13.7. The molecule has 1 N–H and O–H groups in total. The number of hydrogen-bond acceptors (Lipinski definition) is 5. The van der Waals surface area contributed by atoms with Gasteiger partial charge in [-0.2, -0.15) is 0 Å². The van der Waals surface area contributed by atoms with E-state index in [9.17, 15) is 9.18 Å². The first kappa shape index (κ1) is 22.0. The summed E-state index contributed by atoms with van der Waals surface area (Å²) in [7, 11) is 0. The van der Waals surface area contributed by atoms with Gasteiger partial charge in [-0.1, -0.05) is 36.4 Å². The van der Waals surface area contributed by atoms with Crippen LogP contribution < -0.4 is 5.32 Å². The number of amides is 1. The Morgan fingerprint density at radius 3 is 2.88 bits per heavy atom. The lowest BCUT2D eigenvalue weighted by atomic mass is 9.94. The number of likely N-dealkylation sites (tertiary alicyclic amines) is 1. The fraction of sp³-hybridized carbons (Fsp3) is 0.462. The summed E-state index contributed by atoms with van der Waals surface area (Å²) in [6.45, 7) is 5.57. The third-order valence-electron chi connectivity index (χ3n) is 7.09. The van der Waals surface area contributed by atoms with Gasteiger partial charge in [0.25, 0.3) is 0 Å². The molecule has 0 spiro atoms. The summed E-state index contributed by atoms with van der Waals surface area (Å²) in [5.74, 6) is -0.120. The second-order valence-corrected chi connectivity index (χ2v) is 9.11. The molecule has 3 heterocycles. The number of carbonyl (C=O) groups excluding carboxylic acids is 1. The topological polar surface area (TPSA) is 57.2 Å². The minimum atomic E-state index is -0.317. The number of benzene rings is 2. The Labute approximate surface area is 194 Å². The normalized spacial score (nSPS) is 26.1. The molecule has 2 aromatic carbocycles. The summed E-state index contributed by atoms with van der Waals surface area (Å²) in [6, 6.07) is 14.5. The first-order valence-electron chi connectivity index (χ1n) is 11.9. The Hall–Kier alpha value is -2.77. The van der Waals surface area contributed by atoms with Crippen LogP contribution in [0.2, 0.25) is 0 Å². The van der Waals surface area contributed by atoms with Crippen LogP contribution in [0.1, 0.15) is 31.4 Å². The van der Waals surface area contributed by atoms with E-state index in [4.69, 9.17) is 4.74 Å². The van der Waals surface area contributed by atoms with Gasteiger partial charge in [0, 0.05) is 19.6 Å². The zero-order valence-electron chi connectivity index (χ0n) is 19.0. The maximum atomic E-state index is 13.7. The number of halogens is 1. The van der Waals surface area contributed by atoms with Crippen LogP contribution in [0.3, 0.4) is 0 Å². The van der Waals surface area contributed by atoms with Crippen LogP contribution in [-0.2, 0) is 9.53 Å². The molecule has 2 aromatic rings. The van der Waals surface area contributed by atoms with Gasteiger partial charge in [0.05, 0.1) is 37.7 Å². The van der Waals surface area contributed by atoms with E-state index in [1.54, 1.807) is 12.1 Å². The van der Waals surface area contributed by atoms with Crippen LogP contribution in [0, 0.1) is 5.82 Å². The molecule has 0 saturated carbocycles. The Kier molecular flexibility index (Phi) is 6.42. The predicted octanol–water partition coefficient (Wildman–Crippen LogP) is 3.25. The third-order valence-corrected chi connectivity index (χ3v) is 7.09. The molecule has 2 saturated heterocycles. The van der Waals surface area contributed by atoms with E-state index in [0.29, 0.717) is 13.1 Å². The molecule has 2 fully saturated rings. The van der Waals surface area contributed by atoms with E-state index < -0.39 is 0 Å². The highest BCUT2D eigenvalue weighted by atomic mass is 19.1. The van der Waals surface area contributed by atoms with E-state index in [-0.39, 0.29) is 36.0 Å². The fourth-order valence-corrected chi connectivity index (χ4v) is 5.30. The molecule has 0 radical (unpaired) electrons. The maximum Gasteiger partial charge on any atom is 0.247 e. The average molecular weight is 451 g/mol. The van der Waals surface area contributed by atoms with Crippen molar-refractivity contribution < 1.29 is 13.9 Å². The first-order chi connectivity index (χ1) is 16.1. The molecule has 7 heteroatoms. The minimum absolute atomic E-state index is 0.0534. The molecule has 0 aromatic heterocycles. The summed E-state index contributed by atoms with van der Waals surface area (Å²) in [6.07, 6.45) is 3.94. The number of rotatable bonds is 4. The van der Waals surface area contributed by atoms with Crippen molar-refractivity contribution in [3.63, 3.8) is 0 Å². The second kappa shape index (κ2) is 9.61. The molecule has 4 atom stereocenters. The predicted molar refractivity (Wildman–Crippen MR) is 127 cm³/mol. The van der Waals surface area contributed by atoms with Gasteiger partial charge < -0.3 is 19.9 Å². The van der Waals surface area contributed by atoms with E-state index in [1.165, 1.54) is 12.1 Å². The number of nitrogens with one attached hydrogen (secondary N) is 1. The highest BCUT2D eigenvalue weighted by Crippen LogP contribution is 2.33. The Morgan fingerprint density at radius 1 is 1.21 bits per heavy atom. The zero-order valence-corrected chi connectivity index (χ0v) is 19.0. The second-order valence-electron chi connectivity index (χ2n) is 9.11. The SMILES string of the molecule is C[C@@H](c1ccccc1-c1ccc(F)cc1)N1C=NCC1C(=O)N1CCC[C@@H]2OCCN[C@H]2C1. The zero-order chi connectivity index (χ0) is 22.8. The lowest BCUT2D eigenvalue weighted by Crippen LogP contribution is -2.55. The van der Waals surface area contributed by atoms with Crippen molar-refractivity contribution in [2.45, 2.75) is 44.0 Å². The van der Waals surface area contributed by atoms with Crippen molar-refractivity contribution in [2.24, 2.45) is 4.99 Å². The van der Waals surface area contributed by atoms with E-state index in [0.717, 1.165) is 49.2 Å². The van der Waals surface area contributed by atoms with Gasteiger partial charge in [-0.25, -0.2) is 4.39 Å². The molecule has 0 aliphatic carbocycles. The minimum Gasteiger partial charge on any atom is -0.375 e. The van der Waals surface area contributed by atoms with Crippen LogP contribution in [-0.4, -0.2) is 73.0 Å². The summed E-state index contributed by atoms with van der Waals surface area (Å²) in [5, 5.41) is 3.54. The third kappa shape index (κ3) is 4.52. The van der Waals surface area contributed by atoms with Crippen LogP contribution in [0.25, 0.3) is 11.1 Å². The first-order valence-corrected chi connectivity index (χ1v) is 11.9. The fourth-order valence-electron chi connectivity index (χ4n) is 5.30. The number of carbonyl (C=O) groups is 1. The number of aliphatic imine (C=N–C) groups is 1. The van der Waals surface area contributed by atoms with Gasteiger partial charge in [0.1, 0.15) is 11.9 Å². The highest BCUT2D eigenvalue weighted by molar-refractivity contribution is 5.86. The number of hydrogen-bond donors (Lipinski definition) is 1. The van der Waals surface area contributed by atoms with Gasteiger partial charge in [0.15, 0.2) is 0 Å². The van der Waals surface area contributed by atoms with E-state index in [1.807, 2.05) is 29.4 Å². The number of nitrogens with zero attached hydrogens (tertiary/aromatic N) is 3. The highest BCUT2D eigenvalue weighted by Gasteiger charge is 2.38. The molecule has 0 bridgehead atoms. The molecule has 33 heavy (non-hydrogen) atoms. The largest absolute Gasteiger partial charge is 0.375 e. The van der Waals surface area contributed by atoms with Gasteiger partial charge in [-0.15, -0.1) is 0 Å². The lowest BCUT2D eigenvalue weighted by molar-refractivity contribution is -0.136. The van der Waals surface area contributed by atoms with Crippen LogP contribution >= 0.6 is 0 Å². The van der Waals surface area contributed by atoms with Gasteiger partial charge in [0.2, 0.25) is 5.91 Å². The van der Waals surface area contributed by atoms with E-state index in [2.05, 4.69) is 28.2 Å². The molecule has 174 valence electrons. The molecular weight excluding hydrogens is 419 g/mol. The average Bonchev–Trinajstić information content (AvgIpc) is 3.23. The Bertz CT molecular complexity index is 1010. The van der Waals surface area contributed by atoms with Gasteiger partial charge >= 0.3 is 0 Å². The summed E-state index contributed by atoms with van der Waals surface area (Å²) in [5.41, 5.74) is 3.09. The number of ether oxygens (including phenoxy) is 1. The molecule has 5 rings (SSSR count). The molecule has 6 nitrogen and oxygen atoms in total. The number of morpholine rings is 1. The smallest absolute Gasteiger partial charge is 0.247 e. The molecule has 1 amide bonds. The van der Waals surface area contributed by atoms with Crippen molar-refractivity contribution >= 4 is 12.2 Å². The van der Waals surface area contributed by atoms with Crippen LogP contribution in [0.5, 0.6) is 0 Å². The van der Waals surface area contributed by atoms with Crippen molar-refractivity contribution in [1.82, 2.24) is 15.1 Å². The molecule has 3 aliphatic rings. The molecular formula is C26H31FN4O2. The summed E-state index contributed by atoms with van der Waals surface area (Å²) < 4.78 is 19.4. The van der Waals surface area contributed by atoms with Crippen molar-refractivity contribution in [2.75, 3.05) is 32.8 Å². The van der Waals surface area contributed by atoms with Gasteiger partial charge in [-0.3, -0.25) is 9.79 Å². The van der Waals surface area contributed by atoms with Gasteiger partial charge in [-0.05, 0) is 48.6 Å². The standard InChI is InChI=1S/C26H31FN4O2/c1-18(21-5-2-3-6-22(21)19-8-10-20(27)11-9-19)31-17-28-15-24(31)26(32)30-13-4-7-25-23(16-30)29-12-14-33-25/h2-3,5-6,8-11,17-18,23-25,29H,4,7,12-16H2,1H3/t18-,23-,24?,25-/m0/s1. The Balaban J connectivity index is 1.36. The summed E-state index contributed by atoms with van der Waals surface area (Å²) in [4.78, 5) is 22.2. The van der Waals surface area contributed by atoms with E-state index >= 15 is 0 Å². The van der Waals surface area contributed by atoms with Crippen LogP contribution in [0.4, 0.5) is 4.39 Å². The molecule has 3 aliphatic heterocycles. The van der Waals surface area contributed by atoms with Crippen molar-refractivity contribution in [3.05, 3.63) is 59.9 Å². The van der Waals surface area contributed by atoms with Crippen molar-refractivity contribution in [3.8, 4) is 11.1 Å².